The van der Waals surface area contributed by atoms with E-state index in [0.29, 0.717) is 6.54 Å². The highest BCUT2D eigenvalue weighted by molar-refractivity contribution is 9.10. The average Bonchev–Trinajstić information content (AvgIpc) is 2.26. The molecule has 0 aliphatic heterocycles. The fourth-order valence-electron chi connectivity index (χ4n) is 1.54. The Labute approximate surface area is 104 Å². The van der Waals surface area contributed by atoms with Crippen molar-refractivity contribution >= 4 is 22.0 Å². The van der Waals surface area contributed by atoms with Crippen LogP contribution in [0.2, 0.25) is 0 Å². The van der Waals surface area contributed by atoms with Crippen molar-refractivity contribution in [1.29, 1.82) is 0 Å². The Morgan fingerprint density at radius 3 is 2.44 bits per heavy atom. The molecule has 1 rings (SSSR count). The fourth-order valence-corrected chi connectivity index (χ4v) is 2.41. The Balaban J connectivity index is 3.34. The first-order chi connectivity index (χ1) is 7.65. The van der Waals surface area contributed by atoms with Crippen LogP contribution in [0.5, 0.6) is 11.5 Å². The molecule has 0 aliphatic carbocycles. The quantitative estimate of drug-likeness (QED) is 0.925. The van der Waals surface area contributed by atoms with E-state index >= 15 is 0 Å². The molecule has 0 amide bonds. The minimum atomic E-state index is 0.506. The first-order valence-corrected chi connectivity index (χ1v) is 5.72. The predicted octanol–water partition coefficient (Wildman–Crippen LogP) is 2.75. The third kappa shape index (κ3) is 2.57. The minimum absolute atomic E-state index is 0.506. The Morgan fingerprint density at radius 1 is 1.31 bits per heavy atom. The van der Waals surface area contributed by atoms with Crippen LogP contribution in [0.1, 0.15) is 11.1 Å². The van der Waals surface area contributed by atoms with Crippen molar-refractivity contribution in [3.05, 3.63) is 27.7 Å². The summed E-state index contributed by atoms with van der Waals surface area (Å²) in [5.74, 6) is 1.55. The topological polar surface area (TPSA) is 44.5 Å². The number of rotatable bonds is 4. The molecule has 1 aromatic rings. The molecule has 0 spiro atoms. The van der Waals surface area contributed by atoms with E-state index < -0.39 is 0 Å². The van der Waals surface area contributed by atoms with Gasteiger partial charge in [0.2, 0.25) is 0 Å². The molecule has 1 aromatic carbocycles. The maximum atomic E-state index is 5.44. The van der Waals surface area contributed by atoms with Gasteiger partial charge in [-0.15, -0.1) is 0 Å². The summed E-state index contributed by atoms with van der Waals surface area (Å²) in [7, 11) is 3.27. The van der Waals surface area contributed by atoms with Gasteiger partial charge in [0, 0.05) is 12.1 Å². The maximum Gasteiger partial charge on any atom is 0.144 e. The number of hydrogen-bond donors (Lipinski definition) is 1. The van der Waals surface area contributed by atoms with E-state index in [1.807, 2.05) is 25.1 Å². The molecule has 4 heteroatoms. The Hall–Kier alpha value is -1.00. The summed E-state index contributed by atoms with van der Waals surface area (Å²) in [6.07, 6.45) is 3.83. The molecule has 0 fully saturated rings. The van der Waals surface area contributed by atoms with Gasteiger partial charge >= 0.3 is 0 Å². The monoisotopic (exact) mass is 285 g/mol. The smallest absolute Gasteiger partial charge is 0.144 e. The van der Waals surface area contributed by atoms with Crippen molar-refractivity contribution in [3.8, 4) is 11.5 Å². The Bertz CT molecular complexity index is 402. The van der Waals surface area contributed by atoms with Gasteiger partial charge < -0.3 is 15.2 Å². The van der Waals surface area contributed by atoms with Gasteiger partial charge in [-0.1, -0.05) is 12.2 Å². The normalized spacial score (nSPS) is 10.8. The van der Waals surface area contributed by atoms with Gasteiger partial charge in [-0.05, 0) is 34.5 Å². The van der Waals surface area contributed by atoms with E-state index in [1.54, 1.807) is 14.2 Å². The van der Waals surface area contributed by atoms with Crippen molar-refractivity contribution in [3.63, 3.8) is 0 Å². The van der Waals surface area contributed by atoms with Crippen LogP contribution >= 0.6 is 15.9 Å². The number of hydrogen-bond acceptors (Lipinski definition) is 3. The predicted molar refractivity (Wildman–Crippen MR) is 70.1 cm³/mol. The number of ether oxygens (including phenoxy) is 2. The lowest BCUT2D eigenvalue weighted by molar-refractivity contribution is 0.387. The van der Waals surface area contributed by atoms with Gasteiger partial charge in [0.1, 0.15) is 16.0 Å². The highest BCUT2D eigenvalue weighted by Gasteiger charge is 2.13. The lowest BCUT2D eigenvalue weighted by Crippen LogP contribution is -1.96. The molecule has 0 atom stereocenters. The largest absolute Gasteiger partial charge is 0.495 e. The van der Waals surface area contributed by atoms with Crippen LogP contribution in [-0.2, 0) is 0 Å². The minimum Gasteiger partial charge on any atom is -0.495 e. The molecule has 0 saturated heterocycles. The Morgan fingerprint density at radius 2 is 1.94 bits per heavy atom. The van der Waals surface area contributed by atoms with E-state index in [-0.39, 0.29) is 0 Å². The van der Waals surface area contributed by atoms with Crippen molar-refractivity contribution in [2.75, 3.05) is 20.8 Å². The first kappa shape index (κ1) is 13.1. The van der Waals surface area contributed by atoms with Crippen molar-refractivity contribution in [2.24, 2.45) is 5.73 Å². The standard InChI is InChI=1S/C12H16BrNO2/c1-8-7-9(5-4-6-14)12(16-3)10(13)11(8)15-2/h4-5,7H,6,14H2,1-3H3/b5-4+. The average molecular weight is 286 g/mol. The van der Waals surface area contributed by atoms with Crippen LogP contribution < -0.4 is 15.2 Å². The number of nitrogens with two attached hydrogens (primary N) is 1. The van der Waals surface area contributed by atoms with E-state index in [9.17, 15) is 0 Å². The van der Waals surface area contributed by atoms with Crippen LogP contribution in [0.25, 0.3) is 6.08 Å². The zero-order chi connectivity index (χ0) is 12.1. The molecular weight excluding hydrogens is 270 g/mol. The summed E-state index contributed by atoms with van der Waals surface area (Å²) in [5.41, 5.74) is 7.47. The molecule has 16 heavy (non-hydrogen) atoms. The summed E-state index contributed by atoms with van der Waals surface area (Å²) >= 11 is 3.48. The molecule has 88 valence electrons. The lowest BCUT2D eigenvalue weighted by Gasteiger charge is -2.14. The summed E-state index contributed by atoms with van der Waals surface area (Å²) in [6.45, 7) is 2.49. The highest BCUT2D eigenvalue weighted by Crippen LogP contribution is 2.40. The molecule has 0 bridgehead atoms. The summed E-state index contributed by atoms with van der Waals surface area (Å²) in [4.78, 5) is 0. The SMILES string of the molecule is COc1c(C)cc(/C=C/CN)c(OC)c1Br. The second kappa shape index (κ2) is 5.92. The zero-order valence-corrected chi connectivity index (χ0v) is 11.3. The second-order valence-electron chi connectivity index (χ2n) is 3.30. The molecule has 0 aliphatic rings. The molecule has 3 nitrogen and oxygen atoms in total. The lowest BCUT2D eigenvalue weighted by atomic mass is 10.1. The van der Waals surface area contributed by atoms with Crippen molar-refractivity contribution in [2.45, 2.75) is 6.92 Å². The summed E-state index contributed by atoms with van der Waals surface area (Å²) in [6, 6.07) is 2.01. The number of halogens is 1. The van der Waals surface area contributed by atoms with Crippen LogP contribution in [0.4, 0.5) is 0 Å². The first-order valence-electron chi connectivity index (χ1n) is 4.93. The van der Waals surface area contributed by atoms with Gasteiger partial charge in [0.25, 0.3) is 0 Å². The van der Waals surface area contributed by atoms with Crippen LogP contribution in [0, 0.1) is 6.92 Å². The molecule has 0 heterocycles. The van der Waals surface area contributed by atoms with Crippen molar-refractivity contribution in [1.82, 2.24) is 0 Å². The van der Waals surface area contributed by atoms with Crippen LogP contribution in [-0.4, -0.2) is 20.8 Å². The Kier molecular flexibility index (Phi) is 4.83. The van der Waals surface area contributed by atoms with E-state index in [4.69, 9.17) is 15.2 Å². The molecule has 0 radical (unpaired) electrons. The molecule has 0 saturated carbocycles. The zero-order valence-electron chi connectivity index (χ0n) is 9.71. The molecule has 0 unspecified atom stereocenters. The van der Waals surface area contributed by atoms with Gasteiger partial charge in [-0.3, -0.25) is 0 Å². The third-order valence-electron chi connectivity index (χ3n) is 2.23. The summed E-state index contributed by atoms with van der Waals surface area (Å²) < 4.78 is 11.5. The highest BCUT2D eigenvalue weighted by atomic mass is 79.9. The van der Waals surface area contributed by atoms with E-state index in [0.717, 1.165) is 27.1 Å². The van der Waals surface area contributed by atoms with Gasteiger partial charge in [0.15, 0.2) is 0 Å². The molecular formula is C12H16BrNO2. The van der Waals surface area contributed by atoms with Crippen LogP contribution in [0.15, 0.2) is 16.6 Å². The van der Waals surface area contributed by atoms with Crippen molar-refractivity contribution < 1.29 is 9.47 Å². The van der Waals surface area contributed by atoms with Gasteiger partial charge in [0.05, 0.1) is 14.2 Å². The molecule has 2 N–H and O–H groups in total. The second-order valence-corrected chi connectivity index (χ2v) is 4.09. The van der Waals surface area contributed by atoms with Gasteiger partial charge in [-0.25, -0.2) is 0 Å². The fraction of sp³-hybridized carbons (Fsp3) is 0.333. The third-order valence-corrected chi connectivity index (χ3v) is 2.95. The van der Waals surface area contributed by atoms with E-state index in [1.165, 1.54) is 0 Å². The number of aryl methyl sites for hydroxylation is 1. The molecule has 0 aromatic heterocycles. The summed E-state index contributed by atoms with van der Waals surface area (Å²) in [5, 5.41) is 0. The number of benzene rings is 1. The number of methoxy groups -OCH3 is 2. The van der Waals surface area contributed by atoms with Gasteiger partial charge in [-0.2, -0.15) is 0 Å². The van der Waals surface area contributed by atoms with Crippen LogP contribution in [0.3, 0.4) is 0 Å². The van der Waals surface area contributed by atoms with E-state index in [2.05, 4.69) is 15.9 Å². The maximum absolute atomic E-state index is 5.44.